The number of rotatable bonds is 10. The van der Waals surface area contributed by atoms with Crippen LogP contribution in [0.2, 0.25) is 0 Å². The molecule has 0 aliphatic carbocycles. The molecular formula is C19H23O5. The van der Waals surface area contributed by atoms with Gasteiger partial charge >= 0.3 is 17.9 Å². The van der Waals surface area contributed by atoms with Gasteiger partial charge in [-0.3, -0.25) is 0 Å². The highest BCUT2D eigenvalue weighted by atomic mass is 16.6. The number of aryl methyl sites for hydroxylation is 1. The van der Waals surface area contributed by atoms with Crippen LogP contribution >= 0.6 is 0 Å². The zero-order chi connectivity index (χ0) is 17.5. The second-order valence-electron chi connectivity index (χ2n) is 6.12. The molecule has 1 N–H and O–H groups in total. The van der Waals surface area contributed by atoms with Crippen LogP contribution in [0.25, 0.3) is 0 Å². The normalized spacial score (nSPS) is 13.0. The number of unbranched alkanes of at least 4 members (excludes halogenated alkanes) is 7. The summed E-state index contributed by atoms with van der Waals surface area (Å²) in [5.41, 5.74) is 0.921. The van der Waals surface area contributed by atoms with Crippen LogP contribution in [0.15, 0.2) is 12.1 Å². The zero-order valence-electron chi connectivity index (χ0n) is 13.8. The molecule has 0 aromatic heterocycles. The van der Waals surface area contributed by atoms with E-state index in [1.807, 2.05) is 0 Å². The van der Waals surface area contributed by atoms with Crippen LogP contribution < -0.4 is 0 Å². The zero-order valence-corrected chi connectivity index (χ0v) is 13.8. The Bertz CT molecular complexity index is 633. The van der Waals surface area contributed by atoms with Gasteiger partial charge in [0.2, 0.25) is 0 Å². The molecule has 5 nitrogen and oxygen atoms in total. The van der Waals surface area contributed by atoms with Crippen molar-refractivity contribution in [1.29, 1.82) is 0 Å². The first-order chi connectivity index (χ1) is 11.5. The standard InChI is InChI=1S/C19H23O5/c1-2-3-4-5-6-7-8-9-10-13-11-14(17(20)21)12-15-16(13)19(23)24-18(15)22/h11-12H,1-10H2,(H,20,21). The van der Waals surface area contributed by atoms with E-state index in [-0.39, 0.29) is 16.7 Å². The Morgan fingerprint density at radius 2 is 1.58 bits per heavy atom. The summed E-state index contributed by atoms with van der Waals surface area (Å²) in [6, 6.07) is 2.70. The second kappa shape index (κ2) is 8.62. The third-order valence-corrected chi connectivity index (χ3v) is 4.27. The summed E-state index contributed by atoms with van der Waals surface area (Å²) in [5.74, 6) is -2.54. The summed E-state index contributed by atoms with van der Waals surface area (Å²) in [7, 11) is 0. The number of hydrogen-bond acceptors (Lipinski definition) is 4. The lowest BCUT2D eigenvalue weighted by atomic mass is 9.95. The summed E-state index contributed by atoms with van der Waals surface area (Å²) in [4.78, 5) is 34.7. The smallest absolute Gasteiger partial charge is 0.347 e. The molecule has 1 aromatic carbocycles. The summed E-state index contributed by atoms with van der Waals surface area (Å²) < 4.78 is 4.61. The molecule has 0 amide bonds. The van der Waals surface area contributed by atoms with Crippen molar-refractivity contribution in [2.75, 3.05) is 0 Å². The fourth-order valence-electron chi connectivity index (χ4n) is 2.99. The first-order valence-corrected chi connectivity index (χ1v) is 8.50. The molecule has 1 aliphatic rings. The average molecular weight is 331 g/mol. The minimum absolute atomic E-state index is 0.0172. The molecule has 0 saturated carbocycles. The Kier molecular flexibility index (Phi) is 6.53. The number of carboxylic acids is 1. The number of ether oxygens (including phenoxy) is 1. The third-order valence-electron chi connectivity index (χ3n) is 4.27. The van der Waals surface area contributed by atoms with Crippen molar-refractivity contribution in [3.05, 3.63) is 41.3 Å². The molecule has 24 heavy (non-hydrogen) atoms. The SMILES string of the molecule is [CH2]CCCCCCCCCc1cc(C(=O)O)cc2c1C(=O)OC2=O. The van der Waals surface area contributed by atoms with E-state index >= 15 is 0 Å². The van der Waals surface area contributed by atoms with Crippen LogP contribution in [0.3, 0.4) is 0 Å². The highest BCUT2D eigenvalue weighted by molar-refractivity contribution is 6.16. The minimum atomic E-state index is -1.11. The van der Waals surface area contributed by atoms with E-state index in [0.29, 0.717) is 12.0 Å². The largest absolute Gasteiger partial charge is 0.478 e. The maximum Gasteiger partial charge on any atom is 0.347 e. The Morgan fingerprint density at radius 3 is 2.21 bits per heavy atom. The van der Waals surface area contributed by atoms with E-state index in [9.17, 15) is 14.4 Å². The molecule has 5 heteroatoms. The van der Waals surface area contributed by atoms with E-state index in [1.54, 1.807) is 0 Å². The molecule has 1 aromatic rings. The van der Waals surface area contributed by atoms with Crippen LogP contribution in [-0.2, 0) is 11.2 Å². The van der Waals surface area contributed by atoms with E-state index in [4.69, 9.17) is 5.11 Å². The fourth-order valence-corrected chi connectivity index (χ4v) is 2.99. The lowest BCUT2D eigenvalue weighted by molar-refractivity contribution is 0.0443. The molecule has 1 radical (unpaired) electrons. The van der Waals surface area contributed by atoms with Crippen molar-refractivity contribution in [1.82, 2.24) is 0 Å². The number of fused-ring (bicyclic) bond motifs is 1. The summed E-state index contributed by atoms with van der Waals surface area (Å²) in [6.07, 6.45) is 9.31. The van der Waals surface area contributed by atoms with Gasteiger partial charge in [-0.05, 0) is 30.5 Å². The van der Waals surface area contributed by atoms with E-state index in [2.05, 4.69) is 11.7 Å². The van der Waals surface area contributed by atoms with Crippen molar-refractivity contribution >= 4 is 17.9 Å². The molecule has 1 heterocycles. The minimum Gasteiger partial charge on any atom is -0.478 e. The quantitative estimate of drug-likeness (QED) is 0.395. The summed E-state index contributed by atoms with van der Waals surface area (Å²) in [5, 5.41) is 9.16. The molecule has 0 saturated heterocycles. The van der Waals surface area contributed by atoms with Crippen LogP contribution in [0.5, 0.6) is 0 Å². The van der Waals surface area contributed by atoms with E-state index in [0.717, 1.165) is 25.7 Å². The van der Waals surface area contributed by atoms with Gasteiger partial charge in [0.1, 0.15) is 0 Å². The number of carbonyl (C=O) groups excluding carboxylic acids is 2. The van der Waals surface area contributed by atoms with Gasteiger partial charge in [0.25, 0.3) is 0 Å². The predicted molar refractivity (Wildman–Crippen MR) is 89.1 cm³/mol. The number of carbonyl (C=O) groups is 3. The van der Waals surface area contributed by atoms with Crippen molar-refractivity contribution in [3.63, 3.8) is 0 Å². The van der Waals surface area contributed by atoms with Crippen molar-refractivity contribution in [3.8, 4) is 0 Å². The van der Waals surface area contributed by atoms with Gasteiger partial charge in [-0.2, -0.15) is 0 Å². The highest BCUT2D eigenvalue weighted by Crippen LogP contribution is 2.27. The van der Waals surface area contributed by atoms with E-state index < -0.39 is 17.9 Å². The molecule has 0 fully saturated rings. The van der Waals surface area contributed by atoms with Crippen LogP contribution in [0.1, 0.15) is 88.0 Å². The molecule has 129 valence electrons. The Labute approximate surface area is 142 Å². The van der Waals surface area contributed by atoms with Crippen LogP contribution in [0.4, 0.5) is 0 Å². The molecule has 0 unspecified atom stereocenters. The number of benzene rings is 1. The first-order valence-electron chi connectivity index (χ1n) is 8.50. The van der Waals surface area contributed by atoms with Crippen molar-refractivity contribution < 1.29 is 24.2 Å². The van der Waals surface area contributed by atoms with Crippen molar-refractivity contribution in [2.45, 2.75) is 57.8 Å². The van der Waals surface area contributed by atoms with Gasteiger partial charge in [0, 0.05) is 0 Å². The van der Waals surface area contributed by atoms with Crippen LogP contribution in [-0.4, -0.2) is 23.0 Å². The second-order valence-corrected chi connectivity index (χ2v) is 6.12. The molecule has 0 spiro atoms. The van der Waals surface area contributed by atoms with Gasteiger partial charge in [-0.15, -0.1) is 0 Å². The van der Waals surface area contributed by atoms with Gasteiger partial charge in [0.05, 0.1) is 16.7 Å². The van der Waals surface area contributed by atoms with Gasteiger partial charge in [-0.1, -0.05) is 51.9 Å². The molecule has 0 bridgehead atoms. The van der Waals surface area contributed by atoms with Gasteiger partial charge in [0.15, 0.2) is 0 Å². The topological polar surface area (TPSA) is 80.7 Å². The van der Waals surface area contributed by atoms with Crippen LogP contribution in [0, 0.1) is 6.92 Å². The molecule has 1 aliphatic heterocycles. The maximum absolute atomic E-state index is 11.8. The Morgan fingerprint density at radius 1 is 0.958 bits per heavy atom. The number of aromatic carboxylic acids is 1. The van der Waals surface area contributed by atoms with Gasteiger partial charge in [-0.25, -0.2) is 14.4 Å². The number of esters is 2. The number of cyclic esters (lactones) is 2. The Hall–Kier alpha value is -2.17. The predicted octanol–water partition coefficient (Wildman–Crippen LogP) is 4.19. The summed E-state index contributed by atoms with van der Waals surface area (Å²) >= 11 is 0. The molecule has 2 rings (SSSR count). The first kappa shape index (κ1) is 18.2. The lowest BCUT2D eigenvalue weighted by Gasteiger charge is -2.07. The van der Waals surface area contributed by atoms with Crippen molar-refractivity contribution in [2.24, 2.45) is 0 Å². The Balaban J connectivity index is 1.95. The molecule has 0 atom stereocenters. The monoisotopic (exact) mass is 331 g/mol. The third kappa shape index (κ3) is 4.43. The number of hydrogen-bond donors (Lipinski definition) is 1. The summed E-state index contributed by atoms with van der Waals surface area (Å²) in [6.45, 7) is 3.82. The van der Waals surface area contributed by atoms with E-state index in [1.165, 1.54) is 37.8 Å². The van der Waals surface area contributed by atoms with Gasteiger partial charge < -0.3 is 9.84 Å². The maximum atomic E-state index is 11.8. The number of carboxylic acid groups (broad SMARTS) is 1. The molecular weight excluding hydrogens is 308 g/mol. The average Bonchev–Trinajstić information content (AvgIpc) is 2.84. The lowest BCUT2D eigenvalue weighted by Crippen LogP contribution is -2.05. The highest BCUT2D eigenvalue weighted by Gasteiger charge is 2.33. The fraction of sp³-hybridized carbons (Fsp3) is 0.474.